The smallest absolute Gasteiger partial charge is 0.304 e. The van der Waals surface area contributed by atoms with E-state index >= 15 is 0 Å². The summed E-state index contributed by atoms with van der Waals surface area (Å²) in [5, 5.41) is 2.54. The average Bonchev–Trinajstić information content (AvgIpc) is 2.80. The lowest BCUT2D eigenvalue weighted by atomic mass is 10.1. The fourth-order valence-corrected chi connectivity index (χ4v) is 4.09. The topological polar surface area (TPSA) is 99.3 Å². The number of nitrogens with one attached hydrogen (secondary N) is 1. The normalized spacial score (nSPS) is 12.2. The number of methoxy groups -OCH3 is 1. The molecular formula is C22H30N4O5S. The number of hydrogen-bond acceptors (Lipinski definition) is 5. The Labute approximate surface area is 189 Å². The van der Waals surface area contributed by atoms with Gasteiger partial charge in [0, 0.05) is 27.7 Å². The molecule has 0 aliphatic heterocycles. The lowest BCUT2D eigenvalue weighted by Gasteiger charge is -2.32. The maximum atomic E-state index is 13.4. The van der Waals surface area contributed by atoms with Crippen LogP contribution < -0.4 is 14.4 Å². The Morgan fingerprint density at radius 2 is 1.62 bits per heavy atom. The van der Waals surface area contributed by atoms with Crippen LogP contribution in [0.2, 0.25) is 0 Å². The van der Waals surface area contributed by atoms with Gasteiger partial charge in [-0.1, -0.05) is 30.3 Å². The van der Waals surface area contributed by atoms with Crippen molar-refractivity contribution in [2.24, 2.45) is 0 Å². The summed E-state index contributed by atoms with van der Waals surface area (Å²) in [5.74, 6) is -0.196. The molecule has 0 saturated carbocycles. The first-order valence-corrected chi connectivity index (χ1v) is 11.4. The van der Waals surface area contributed by atoms with Gasteiger partial charge in [-0.2, -0.15) is 12.7 Å². The number of rotatable bonds is 10. The zero-order chi connectivity index (χ0) is 23.9. The highest BCUT2D eigenvalue weighted by Crippen LogP contribution is 2.21. The summed E-state index contributed by atoms with van der Waals surface area (Å²) in [7, 11) is 1.89. The summed E-state index contributed by atoms with van der Waals surface area (Å²) >= 11 is 0. The Balaban J connectivity index is 2.40. The van der Waals surface area contributed by atoms with E-state index in [0.29, 0.717) is 11.4 Å². The fourth-order valence-electron chi connectivity index (χ4n) is 3.03. The molecule has 1 atom stereocenters. The molecule has 0 saturated heterocycles. The third-order valence-electron chi connectivity index (χ3n) is 4.99. The summed E-state index contributed by atoms with van der Waals surface area (Å²) in [6, 6.07) is 14.7. The van der Waals surface area contributed by atoms with Crippen LogP contribution in [0.5, 0.6) is 5.75 Å². The highest BCUT2D eigenvalue weighted by molar-refractivity contribution is 7.90. The van der Waals surface area contributed by atoms with E-state index in [1.165, 1.54) is 26.0 Å². The van der Waals surface area contributed by atoms with Crippen LogP contribution in [0.3, 0.4) is 0 Å². The Hall–Kier alpha value is -3.11. The number of anilines is 1. The van der Waals surface area contributed by atoms with Crippen molar-refractivity contribution in [1.29, 1.82) is 0 Å². The lowest BCUT2D eigenvalue weighted by molar-refractivity contribution is -0.139. The minimum atomic E-state index is -3.95. The van der Waals surface area contributed by atoms with E-state index < -0.39 is 28.7 Å². The van der Waals surface area contributed by atoms with Gasteiger partial charge in [0.2, 0.25) is 11.8 Å². The minimum absolute atomic E-state index is 0.127. The number of para-hydroxylation sites is 1. The van der Waals surface area contributed by atoms with Crippen molar-refractivity contribution in [2.45, 2.75) is 19.5 Å². The number of ether oxygens (including phenoxy) is 1. The van der Waals surface area contributed by atoms with Gasteiger partial charge in [-0.05, 0) is 36.8 Å². The highest BCUT2D eigenvalue weighted by Gasteiger charge is 2.32. The maximum Gasteiger partial charge on any atom is 0.304 e. The number of carbonyl (C=O) groups is 2. The Morgan fingerprint density at radius 3 is 2.12 bits per heavy atom. The largest absolute Gasteiger partial charge is 0.497 e. The number of benzene rings is 2. The van der Waals surface area contributed by atoms with E-state index in [1.54, 1.807) is 68.6 Å². The minimum Gasteiger partial charge on any atom is -0.497 e. The van der Waals surface area contributed by atoms with Gasteiger partial charge in [-0.3, -0.25) is 9.59 Å². The van der Waals surface area contributed by atoms with Crippen molar-refractivity contribution in [3.8, 4) is 5.75 Å². The first kappa shape index (κ1) is 25.2. The summed E-state index contributed by atoms with van der Waals surface area (Å²) < 4.78 is 33.2. The van der Waals surface area contributed by atoms with Crippen molar-refractivity contribution in [1.82, 2.24) is 14.5 Å². The van der Waals surface area contributed by atoms with Crippen molar-refractivity contribution in [3.63, 3.8) is 0 Å². The highest BCUT2D eigenvalue weighted by atomic mass is 32.2. The third-order valence-corrected chi connectivity index (χ3v) is 6.81. The van der Waals surface area contributed by atoms with Crippen LogP contribution in [-0.2, 0) is 26.3 Å². The molecule has 2 aromatic rings. The van der Waals surface area contributed by atoms with E-state index in [2.05, 4.69) is 5.32 Å². The predicted octanol–water partition coefficient (Wildman–Crippen LogP) is 1.47. The molecule has 174 valence electrons. The molecule has 0 spiro atoms. The molecule has 0 fully saturated rings. The molecule has 0 heterocycles. The van der Waals surface area contributed by atoms with Gasteiger partial charge < -0.3 is 15.0 Å². The molecule has 0 bridgehead atoms. The van der Waals surface area contributed by atoms with Crippen LogP contribution in [0, 0.1) is 0 Å². The number of likely N-dealkylation sites (N-methyl/N-ethyl adjacent to an activating group) is 1. The first-order valence-electron chi connectivity index (χ1n) is 10.0. The molecule has 0 unspecified atom stereocenters. The Morgan fingerprint density at radius 1 is 1.03 bits per heavy atom. The fraction of sp³-hybridized carbons (Fsp3) is 0.364. The number of nitrogens with zero attached hydrogens (tertiary/aromatic N) is 3. The summed E-state index contributed by atoms with van der Waals surface area (Å²) in [6.07, 6.45) is 0. The zero-order valence-electron chi connectivity index (χ0n) is 19.0. The van der Waals surface area contributed by atoms with Gasteiger partial charge in [0.1, 0.15) is 18.3 Å². The maximum absolute atomic E-state index is 13.4. The van der Waals surface area contributed by atoms with E-state index in [0.717, 1.165) is 14.2 Å². The van der Waals surface area contributed by atoms with Crippen LogP contribution in [0.25, 0.3) is 0 Å². The van der Waals surface area contributed by atoms with Crippen LogP contribution in [0.4, 0.5) is 5.69 Å². The van der Waals surface area contributed by atoms with Crippen molar-refractivity contribution in [2.75, 3.05) is 39.1 Å². The molecule has 2 amide bonds. The van der Waals surface area contributed by atoms with Crippen LogP contribution in [0.15, 0.2) is 54.6 Å². The van der Waals surface area contributed by atoms with Crippen LogP contribution in [0.1, 0.15) is 12.5 Å². The Kier molecular flexibility index (Phi) is 8.62. The van der Waals surface area contributed by atoms with E-state index in [4.69, 9.17) is 4.74 Å². The van der Waals surface area contributed by atoms with Gasteiger partial charge in [0.25, 0.3) is 0 Å². The van der Waals surface area contributed by atoms with E-state index in [9.17, 15) is 18.0 Å². The quantitative estimate of drug-likeness (QED) is 0.577. The summed E-state index contributed by atoms with van der Waals surface area (Å²) in [5.41, 5.74) is 1.13. The molecule has 9 nitrogen and oxygen atoms in total. The van der Waals surface area contributed by atoms with Crippen LogP contribution in [-0.4, -0.2) is 70.3 Å². The molecule has 0 radical (unpaired) electrons. The molecular weight excluding hydrogens is 432 g/mol. The van der Waals surface area contributed by atoms with Crippen molar-refractivity contribution in [3.05, 3.63) is 60.2 Å². The predicted molar refractivity (Wildman–Crippen MR) is 123 cm³/mol. The number of hydrogen-bond donors (Lipinski definition) is 1. The van der Waals surface area contributed by atoms with Crippen molar-refractivity contribution < 1.29 is 22.7 Å². The third kappa shape index (κ3) is 5.98. The SMILES string of the molecule is CNC(=O)[C@@H](C)N(Cc1ccc(OC)cc1)C(=O)CN(c1ccccc1)S(=O)(=O)N(C)C. The molecule has 2 rings (SSSR count). The monoisotopic (exact) mass is 462 g/mol. The van der Waals surface area contributed by atoms with E-state index in [1.807, 2.05) is 0 Å². The van der Waals surface area contributed by atoms with E-state index in [-0.39, 0.29) is 12.5 Å². The standard InChI is InChI=1S/C22H30N4O5S/c1-17(22(28)23-2)25(15-18-11-13-20(31-5)14-12-18)21(27)16-26(32(29,30)24(3)4)19-9-7-6-8-10-19/h6-14,17H,15-16H2,1-5H3,(H,23,28)/t17-/m1/s1. The second-order valence-corrected chi connectivity index (χ2v) is 9.36. The van der Waals surface area contributed by atoms with Gasteiger partial charge in [0.05, 0.1) is 12.8 Å². The second kappa shape index (κ2) is 11.0. The molecule has 10 heteroatoms. The molecule has 0 aliphatic carbocycles. The van der Waals surface area contributed by atoms with Crippen LogP contribution >= 0.6 is 0 Å². The molecule has 1 N–H and O–H groups in total. The van der Waals surface area contributed by atoms with Gasteiger partial charge in [-0.15, -0.1) is 0 Å². The van der Waals surface area contributed by atoms with Crippen molar-refractivity contribution >= 4 is 27.7 Å². The average molecular weight is 463 g/mol. The summed E-state index contributed by atoms with van der Waals surface area (Å²) in [4.78, 5) is 27.1. The molecule has 32 heavy (non-hydrogen) atoms. The first-order chi connectivity index (χ1) is 15.1. The molecule has 0 aromatic heterocycles. The van der Waals surface area contributed by atoms with Gasteiger partial charge in [0.15, 0.2) is 0 Å². The summed E-state index contributed by atoms with van der Waals surface area (Å²) in [6.45, 7) is 1.28. The number of carbonyl (C=O) groups excluding carboxylic acids is 2. The van der Waals surface area contributed by atoms with Gasteiger partial charge in [-0.25, -0.2) is 4.31 Å². The lowest BCUT2D eigenvalue weighted by Crippen LogP contribution is -2.52. The number of amides is 2. The molecule has 0 aliphatic rings. The van der Waals surface area contributed by atoms with Gasteiger partial charge >= 0.3 is 10.2 Å². The second-order valence-electron chi connectivity index (χ2n) is 7.29. The zero-order valence-corrected chi connectivity index (χ0v) is 19.8. The Bertz CT molecular complexity index is 1010. The molecule has 2 aromatic carbocycles.